The van der Waals surface area contributed by atoms with Crippen LogP contribution in [0, 0.1) is 0 Å². The number of nitrogens with one attached hydrogen (secondary N) is 2. The van der Waals surface area contributed by atoms with E-state index in [-0.39, 0.29) is 43.2 Å². The number of rotatable bonds is 12. The fraction of sp³-hybridized carbons (Fsp3) is 0.350. The Bertz CT molecular complexity index is 1670. The van der Waals surface area contributed by atoms with Crippen molar-refractivity contribution in [3.8, 4) is 0 Å². The number of anilines is 1. The van der Waals surface area contributed by atoms with Gasteiger partial charge in [0.25, 0.3) is 0 Å². The highest BCUT2D eigenvalue weighted by molar-refractivity contribution is 5.93. The maximum absolute atomic E-state index is 13.1. The Labute approximate surface area is 287 Å². The van der Waals surface area contributed by atoms with Gasteiger partial charge in [0.1, 0.15) is 0 Å². The third kappa shape index (κ3) is 8.62. The molecule has 49 heavy (non-hydrogen) atoms. The van der Waals surface area contributed by atoms with Crippen molar-refractivity contribution >= 4 is 17.5 Å². The van der Waals surface area contributed by atoms with E-state index in [0.717, 1.165) is 47.2 Å². The van der Waals surface area contributed by atoms with Crippen molar-refractivity contribution in [3.63, 3.8) is 0 Å². The molecule has 9 nitrogen and oxygen atoms in total. The van der Waals surface area contributed by atoms with Gasteiger partial charge < -0.3 is 30.3 Å². The lowest BCUT2D eigenvalue weighted by molar-refractivity contribution is -0.264. The van der Waals surface area contributed by atoms with Gasteiger partial charge in [-0.05, 0) is 67.1 Å². The standard InChI is InChI=1S/C40H45N3O6/c1-27(46)35(22-28-10-4-2-5-11-28)42-40(47)41-33-15-8-14-32(23-33)39-48-36(24-43-21-9-16-34(43)26-45)37(30-12-6-3-7-13-30)38(49-39)31-19-17-29(25-44)18-20-31/h2-8,10-15,17-20,23,34-39,44-45H,9,16,21-22,24-26H2,1H3,(H2,41,42,47). The number of urea groups is 1. The Hall–Kier alpha value is -4.38. The molecule has 9 heteroatoms. The normalized spacial score (nSPS) is 23.1. The molecule has 0 aliphatic carbocycles. The maximum Gasteiger partial charge on any atom is 0.319 e. The molecule has 4 aromatic rings. The van der Waals surface area contributed by atoms with E-state index in [1.165, 1.54) is 6.92 Å². The lowest BCUT2D eigenvalue weighted by atomic mass is 9.83. The Morgan fingerprint density at radius 2 is 1.55 bits per heavy atom. The van der Waals surface area contributed by atoms with Gasteiger partial charge in [0.05, 0.1) is 31.5 Å². The van der Waals surface area contributed by atoms with Crippen molar-refractivity contribution in [2.45, 2.75) is 69.3 Å². The van der Waals surface area contributed by atoms with Crippen LogP contribution in [0.4, 0.5) is 10.5 Å². The van der Waals surface area contributed by atoms with Gasteiger partial charge in [-0.25, -0.2) is 4.79 Å². The number of ether oxygens (including phenoxy) is 2. The number of aliphatic hydroxyl groups excluding tert-OH is 2. The second-order valence-corrected chi connectivity index (χ2v) is 12.9. The average molecular weight is 664 g/mol. The Morgan fingerprint density at radius 1 is 0.837 bits per heavy atom. The largest absolute Gasteiger partial charge is 0.395 e. The van der Waals surface area contributed by atoms with E-state index >= 15 is 0 Å². The van der Waals surface area contributed by atoms with Crippen LogP contribution < -0.4 is 10.6 Å². The summed E-state index contributed by atoms with van der Waals surface area (Å²) in [6.07, 6.45) is 0.929. The molecule has 2 heterocycles. The summed E-state index contributed by atoms with van der Waals surface area (Å²) in [5, 5.41) is 25.6. The number of carbonyl (C=O) groups is 2. The summed E-state index contributed by atoms with van der Waals surface area (Å²) < 4.78 is 13.7. The molecule has 2 aliphatic heterocycles. The first-order chi connectivity index (χ1) is 23.9. The number of hydrogen-bond donors (Lipinski definition) is 4. The number of aliphatic hydroxyl groups is 2. The molecule has 256 valence electrons. The number of amides is 2. The van der Waals surface area contributed by atoms with Crippen molar-refractivity contribution < 1.29 is 29.3 Å². The highest BCUT2D eigenvalue weighted by Crippen LogP contribution is 2.47. The average Bonchev–Trinajstić information content (AvgIpc) is 3.59. The van der Waals surface area contributed by atoms with E-state index in [2.05, 4.69) is 27.7 Å². The minimum atomic E-state index is -0.754. The molecule has 0 saturated carbocycles. The molecule has 4 N–H and O–H groups in total. The third-order valence-corrected chi connectivity index (χ3v) is 9.59. The van der Waals surface area contributed by atoms with Crippen LogP contribution in [0.3, 0.4) is 0 Å². The van der Waals surface area contributed by atoms with E-state index in [9.17, 15) is 19.8 Å². The second-order valence-electron chi connectivity index (χ2n) is 12.9. The third-order valence-electron chi connectivity index (χ3n) is 9.59. The molecule has 0 spiro atoms. The van der Waals surface area contributed by atoms with E-state index in [0.29, 0.717) is 18.7 Å². The predicted octanol–water partition coefficient (Wildman–Crippen LogP) is 5.90. The molecule has 6 unspecified atom stereocenters. The van der Waals surface area contributed by atoms with Crippen LogP contribution in [-0.4, -0.2) is 64.8 Å². The minimum Gasteiger partial charge on any atom is -0.395 e. The first kappa shape index (κ1) is 34.5. The molecule has 2 amide bonds. The van der Waals surface area contributed by atoms with Gasteiger partial charge in [0, 0.05) is 29.8 Å². The van der Waals surface area contributed by atoms with E-state index in [1.54, 1.807) is 6.07 Å². The van der Waals surface area contributed by atoms with Gasteiger partial charge in [0.2, 0.25) is 0 Å². The zero-order chi connectivity index (χ0) is 34.2. The highest BCUT2D eigenvalue weighted by atomic mass is 16.7. The van der Waals surface area contributed by atoms with E-state index < -0.39 is 18.4 Å². The summed E-state index contributed by atoms with van der Waals surface area (Å²) in [6.45, 7) is 3.02. The first-order valence-electron chi connectivity index (χ1n) is 17.0. The van der Waals surface area contributed by atoms with Gasteiger partial charge in [0.15, 0.2) is 12.1 Å². The van der Waals surface area contributed by atoms with Gasteiger partial charge in [-0.3, -0.25) is 9.69 Å². The number of Topliss-reactive ketones (excluding diaryl/α,β-unsaturated/α-hetero) is 1. The van der Waals surface area contributed by atoms with Crippen LogP contribution in [0.1, 0.15) is 65.9 Å². The SMILES string of the molecule is CC(=O)C(Cc1ccccc1)NC(=O)Nc1cccc(C2OC(CN3CCCC3CO)C(c3ccccc3)C(c3ccc(CO)cc3)O2)c1. The molecule has 2 saturated heterocycles. The lowest BCUT2D eigenvalue weighted by Gasteiger charge is -2.44. The molecule has 0 radical (unpaired) electrons. The van der Waals surface area contributed by atoms with Crippen molar-refractivity contribution in [3.05, 3.63) is 137 Å². The van der Waals surface area contributed by atoms with Crippen LogP contribution in [0.25, 0.3) is 0 Å². The number of hydrogen-bond acceptors (Lipinski definition) is 7. The Morgan fingerprint density at radius 3 is 2.24 bits per heavy atom. The van der Waals surface area contributed by atoms with E-state index in [4.69, 9.17) is 9.47 Å². The molecule has 2 aliphatic rings. The van der Waals surface area contributed by atoms with Gasteiger partial charge in [-0.2, -0.15) is 0 Å². The second kappa shape index (κ2) is 16.3. The summed E-state index contributed by atoms with van der Waals surface area (Å²) in [4.78, 5) is 27.8. The number of ketones is 1. The molecular weight excluding hydrogens is 618 g/mol. The minimum absolute atomic E-state index is 0.0490. The fourth-order valence-electron chi connectivity index (χ4n) is 6.97. The molecule has 2 fully saturated rings. The number of carbonyl (C=O) groups excluding carboxylic acids is 2. The summed E-state index contributed by atoms with van der Waals surface area (Å²) in [6, 6.07) is 34.0. The summed E-state index contributed by atoms with van der Waals surface area (Å²) in [5.74, 6) is -0.284. The highest BCUT2D eigenvalue weighted by Gasteiger charge is 2.43. The lowest BCUT2D eigenvalue weighted by Crippen LogP contribution is -2.46. The van der Waals surface area contributed by atoms with Crippen LogP contribution >= 0.6 is 0 Å². The molecule has 4 aromatic carbocycles. The van der Waals surface area contributed by atoms with Gasteiger partial charge in [-0.1, -0.05) is 97.1 Å². The summed E-state index contributed by atoms with van der Waals surface area (Å²) in [7, 11) is 0. The van der Waals surface area contributed by atoms with Gasteiger partial charge in [-0.15, -0.1) is 0 Å². The van der Waals surface area contributed by atoms with Crippen molar-refractivity contribution in [1.29, 1.82) is 0 Å². The molecule has 6 rings (SSSR count). The zero-order valence-electron chi connectivity index (χ0n) is 27.8. The van der Waals surface area contributed by atoms with Crippen LogP contribution in [0.5, 0.6) is 0 Å². The molecule has 6 atom stereocenters. The Balaban J connectivity index is 1.27. The Kier molecular flexibility index (Phi) is 11.5. The van der Waals surface area contributed by atoms with Crippen LogP contribution in [0.2, 0.25) is 0 Å². The van der Waals surface area contributed by atoms with Crippen molar-refractivity contribution in [2.24, 2.45) is 0 Å². The molecule has 0 bridgehead atoms. The van der Waals surface area contributed by atoms with Crippen molar-refractivity contribution in [1.82, 2.24) is 10.2 Å². The monoisotopic (exact) mass is 663 g/mol. The van der Waals surface area contributed by atoms with Gasteiger partial charge >= 0.3 is 6.03 Å². The predicted molar refractivity (Wildman–Crippen MR) is 188 cm³/mol. The molecular formula is C40H45N3O6. The fourth-order valence-corrected chi connectivity index (χ4v) is 6.97. The first-order valence-corrected chi connectivity index (χ1v) is 17.0. The van der Waals surface area contributed by atoms with Crippen molar-refractivity contribution in [2.75, 3.05) is 25.0 Å². The smallest absolute Gasteiger partial charge is 0.319 e. The summed E-state index contributed by atoms with van der Waals surface area (Å²) in [5.41, 5.74) is 5.10. The molecule has 0 aromatic heterocycles. The topological polar surface area (TPSA) is 120 Å². The number of likely N-dealkylation sites (tertiary alicyclic amines) is 1. The van der Waals surface area contributed by atoms with Crippen LogP contribution in [0.15, 0.2) is 109 Å². The quantitative estimate of drug-likeness (QED) is 0.149. The van der Waals surface area contributed by atoms with E-state index in [1.807, 2.05) is 91.0 Å². The summed E-state index contributed by atoms with van der Waals surface area (Å²) >= 11 is 0. The zero-order valence-corrected chi connectivity index (χ0v) is 27.8. The number of benzene rings is 4. The maximum atomic E-state index is 13.1. The number of nitrogens with zero attached hydrogens (tertiary/aromatic N) is 1. The van der Waals surface area contributed by atoms with Crippen LogP contribution in [-0.2, 0) is 27.3 Å².